The summed E-state index contributed by atoms with van der Waals surface area (Å²) in [4.78, 5) is 15.1. The number of carbonyl (C=O) groups excluding carboxylic acids is 1. The number of aryl methyl sites for hydroxylation is 1. The molecule has 17 heavy (non-hydrogen) atoms. The topological polar surface area (TPSA) is 30.0 Å². The Morgan fingerprint density at radius 1 is 1.18 bits per heavy atom. The van der Waals surface area contributed by atoms with Gasteiger partial charge >= 0.3 is 0 Å². The van der Waals surface area contributed by atoms with Crippen LogP contribution in [0.4, 0.5) is 4.39 Å². The minimum absolute atomic E-state index is 0.256. The molecule has 0 aliphatic heterocycles. The van der Waals surface area contributed by atoms with E-state index in [4.69, 9.17) is 0 Å². The van der Waals surface area contributed by atoms with E-state index >= 15 is 0 Å². The molecule has 0 bridgehead atoms. The molecule has 0 N–H and O–H groups in total. The Balaban J connectivity index is 2.42. The standard InChI is InChI=1S/C14H12FNO/c1-10-8-12(2-3-14(10)15)13(9-17)11-4-6-16-7-5-11/h2-9,13H,1H3. The van der Waals surface area contributed by atoms with Crippen molar-refractivity contribution in [2.24, 2.45) is 0 Å². The smallest absolute Gasteiger partial charge is 0.131 e. The monoisotopic (exact) mass is 229 g/mol. The molecule has 2 rings (SSSR count). The molecule has 86 valence electrons. The molecule has 2 aromatic rings. The van der Waals surface area contributed by atoms with Crippen molar-refractivity contribution in [3.8, 4) is 0 Å². The Labute approximate surface area is 99.1 Å². The van der Waals surface area contributed by atoms with Crippen LogP contribution in [0.2, 0.25) is 0 Å². The van der Waals surface area contributed by atoms with Crippen LogP contribution in [0.15, 0.2) is 42.7 Å². The average Bonchev–Trinajstić information content (AvgIpc) is 2.36. The number of hydrogen-bond acceptors (Lipinski definition) is 2. The van der Waals surface area contributed by atoms with E-state index in [1.807, 2.05) is 0 Å². The van der Waals surface area contributed by atoms with Gasteiger partial charge in [0.05, 0.1) is 5.92 Å². The first-order chi connectivity index (χ1) is 8.22. The molecular formula is C14H12FNO. The lowest BCUT2D eigenvalue weighted by molar-refractivity contribution is -0.108. The Morgan fingerprint density at radius 2 is 1.88 bits per heavy atom. The maximum atomic E-state index is 13.2. The van der Waals surface area contributed by atoms with E-state index in [0.29, 0.717) is 5.56 Å². The molecule has 0 aliphatic rings. The average molecular weight is 229 g/mol. The van der Waals surface area contributed by atoms with Crippen LogP contribution in [0.3, 0.4) is 0 Å². The van der Waals surface area contributed by atoms with Crippen molar-refractivity contribution in [2.75, 3.05) is 0 Å². The van der Waals surface area contributed by atoms with Crippen LogP contribution in [-0.4, -0.2) is 11.3 Å². The lowest BCUT2D eigenvalue weighted by Crippen LogP contribution is -2.03. The molecule has 1 heterocycles. The van der Waals surface area contributed by atoms with E-state index in [9.17, 15) is 9.18 Å². The number of aromatic nitrogens is 1. The first-order valence-electron chi connectivity index (χ1n) is 5.33. The highest BCUT2D eigenvalue weighted by atomic mass is 19.1. The Morgan fingerprint density at radius 3 is 2.47 bits per heavy atom. The molecule has 0 aliphatic carbocycles. The summed E-state index contributed by atoms with van der Waals surface area (Å²) in [5, 5.41) is 0. The molecule has 0 amide bonds. The zero-order valence-corrected chi connectivity index (χ0v) is 9.43. The van der Waals surface area contributed by atoms with Gasteiger partial charge < -0.3 is 4.79 Å². The third kappa shape index (κ3) is 2.38. The number of aldehydes is 1. The molecule has 0 saturated carbocycles. The highest BCUT2D eigenvalue weighted by Gasteiger charge is 2.13. The van der Waals surface area contributed by atoms with Gasteiger partial charge in [0.2, 0.25) is 0 Å². The van der Waals surface area contributed by atoms with Crippen molar-refractivity contribution >= 4 is 6.29 Å². The van der Waals surface area contributed by atoms with Crippen molar-refractivity contribution in [3.05, 3.63) is 65.2 Å². The van der Waals surface area contributed by atoms with E-state index in [1.54, 1.807) is 43.6 Å². The van der Waals surface area contributed by atoms with Gasteiger partial charge in [-0.1, -0.05) is 12.1 Å². The fraction of sp³-hybridized carbons (Fsp3) is 0.143. The second-order valence-corrected chi connectivity index (χ2v) is 3.90. The van der Waals surface area contributed by atoms with E-state index in [0.717, 1.165) is 17.4 Å². The van der Waals surface area contributed by atoms with Gasteiger partial charge in [-0.3, -0.25) is 4.98 Å². The van der Waals surface area contributed by atoms with Crippen LogP contribution in [0.1, 0.15) is 22.6 Å². The van der Waals surface area contributed by atoms with Gasteiger partial charge in [0.1, 0.15) is 12.1 Å². The van der Waals surface area contributed by atoms with Gasteiger partial charge in [-0.15, -0.1) is 0 Å². The van der Waals surface area contributed by atoms with Crippen LogP contribution in [-0.2, 0) is 4.79 Å². The summed E-state index contributed by atoms with van der Waals surface area (Å²) in [6, 6.07) is 8.31. The summed E-state index contributed by atoms with van der Waals surface area (Å²) in [7, 11) is 0. The maximum Gasteiger partial charge on any atom is 0.131 e. The summed E-state index contributed by atoms with van der Waals surface area (Å²) < 4.78 is 13.2. The zero-order chi connectivity index (χ0) is 12.3. The second kappa shape index (κ2) is 4.87. The third-order valence-electron chi connectivity index (χ3n) is 2.74. The highest BCUT2D eigenvalue weighted by Crippen LogP contribution is 2.23. The molecule has 0 fully saturated rings. The van der Waals surface area contributed by atoms with Crippen molar-refractivity contribution in [2.45, 2.75) is 12.8 Å². The summed E-state index contributed by atoms with van der Waals surface area (Å²) in [5.74, 6) is -0.620. The van der Waals surface area contributed by atoms with E-state index in [-0.39, 0.29) is 11.7 Å². The SMILES string of the molecule is Cc1cc(C(C=O)c2ccncc2)ccc1F. The van der Waals surface area contributed by atoms with E-state index in [1.165, 1.54) is 6.07 Å². The fourth-order valence-electron chi connectivity index (χ4n) is 1.78. The Kier molecular flexibility index (Phi) is 3.28. The second-order valence-electron chi connectivity index (χ2n) is 3.90. The molecule has 1 atom stereocenters. The number of benzene rings is 1. The van der Waals surface area contributed by atoms with Gasteiger partial charge in [-0.05, 0) is 41.8 Å². The van der Waals surface area contributed by atoms with Crippen molar-refractivity contribution < 1.29 is 9.18 Å². The molecular weight excluding hydrogens is 217 g/mol. The number of rotatable bonds is 3. The summed E-state index contributed by atoms with van der Waals surface area (Å²) >= 11 is 0. The van der Waals surface area contributed by atoms with Crippen LogP contribution in [0.5, 0.6) is 0 Å². The zero-order valence-electron chi connectivity index (χ0n) is 9.43. The molecule has 3 heteroatoms. The lowest BCUT2D eigenvalue weighted by Gasteiger charge is -2.11. The Bertz CT molecular complexity index is 525. The predicted octanol–water partition coefficient (Wildman–Crippen LogP) is 2.86. The van der Waals surface area contributed by atoms with Crippen LogP contribution < -0.4 is 0 Å². The molecule has 1 aromatic carbocycles. The van der Waals surface area contributed by atoms with Crippen LogP contribution in [0, 0.1) is 12.7 Å². The molecule has 1 aromatic heterocycles. The molecule has 0 spiro atoms. The van der Waals surface area contributed by atoms with Crippen LogP contribution in [0.25, 0.3) is 0 Å². The number of carbonyl (C=O) groups is 1. The first-order valence-corrected chi connectivity index (χ1v) is 5.33. The molecule has 0 radical (unpaired) electrons. The van der Waals surface area contributed by atoms with Gasteiger partial charge in [0.15, 0.2) is 0 Å². The van der Waals surface area contributed by atoms with E-state index in [2.05, 4.69) is 4.98 Å². The minimum atomic E-state index is -0.364. The van der Waals surface area contributed by atoms with Gasteiger partial charge in [-0.25, -0.2) is 4.39 Å². The number of nitrogens with zero attached hydrogens (tertiary/aromatic N) is 1. The third-order valence-corrected chi connectivity index (χ3v) is 2.74. The van der Waals surface area contributed by atoms with Gasteiger partial charge in [-0.2, -0.15) is 0 Å². The van der Waals surface area contributed by atoms with Crippen molar-refractivity contribution in [1.29, 1.82) is 0 Å². The summed E-state index contributed by atoms with van der Waals surface area (Å²) in [6.07, 6.45) is 4.15. The summed E-state index contributed by atoms with van der Waals surface area (Å²) in [6.45, 7) is 1.69. The fourth-order valence-corrected chi connectivity index (χ4v) is 1.78. The minimum Gasteiger partial charge on any atom is -0.302 e. The van der Waals surface area contributed by atoms with Crippen molar-refractivity contribution in [1.82, 2.24) is 4.98 Å². The first kappa shape index (κ1) is 11.5. The number of pyridine rings is 1. The highest BCUT2D eigenvalue weighted by molar-refractivity contribution is 5.68. The van der Waals surface area contributed by atoms with E-state index < -0.39 is 0 Å². The summed E-state index contributed by atoms with van der Waals surface area (Å²) in [5.41, 5.74) is 2.20. The van der Waals surface area contributed by atoms with Gasteiger partial charge in [0.25, 0.3) is 0 Å². The molecule has 1 unspecified atom stereocenters. The lowest BCUT2D eigenvalue weighted by atomic mass is 9.92. The van der Waals surface area contributed by atoms with Crippen LogP contribution >= 0.6 is 0 Å². The largest absolute Gasteiger partial charge is 0.302 e. The number of halogens is 1. The van der Waals surface area contributed by atoms with Crippen molar-refractivity contribution in [3.63, 3.8) is 0 Å². The normalized spacial score (nSPS) is 12.1. The Hall–Kier alpha value is -2.03. The number of hydrogen-bond donors (Lipinski definition) is 0. The maximum absolute atomic E-state index is 13.2. The van der Waals surface area contributed by atoms with Gasteiger partial charge in [0, 0.05) is 12.4 Å². The molecule has 0 saturated heterocycles. The molecule has 2 nitrogen and oxygen atoms in total. The predicted molar refractivity (Wildman–Crippen MR) is 63.3 cm³/mol. The quantitative estimate of drug-likeness (QED) is 0.757.